The number of methoxy groups -OCH3 is 1. The van der Waals surface area contributed by atoms with Gasteiger partial charge in [-0.25, -0.2) is 4.98 Å². The minimum atomic E-state index is 0.444. The Bertz CT molecular complexity index is 340. The summed E-state index contributed by atoms with van der Waals surface area (Å²) in [6.45, 7) is 9.25. The number of nitrogens with one attached hydrogen (secondary N) is 1. The standard InChI is InChI=1S/C14H28N4O/c1-5-7-15-13(8-12(3)10-19-4)9-14-16-11-17-18(14)6-2/h11-13,15H,5-10H2,1-4H3. The molecule has 0 aromatic carbocycles. The summed E-state index contributed by atoms with van der Waals surface area (Å²) in [6.07, 6.45) is 4.83. The van der Waals surface area contributed by atoms with E-state index < -0.39 is 0 Å². The first-order chi connectivity index (χ1) is 9.21. The third-order valence-electron chi connectivity index (χ3n) is 3.25. The maximum atomic E-state index is 5.23. The van der Waals surface area contributed by atoms with Gasteiger partial charge in [-0.15, -0.1) is 0 Å². The zero-order valence-electron chi connectivity index (χ0n) is 12.7. The van der Waals surface area contributed by atoms with Gasteiger partial charge in [0.25, 0.3) is 0 Å². The molecule has 0 bridgehead atoms. The molecule has 0 aliphatic rings. The van der Waals surface area contributed by atoms with E-state index in [1.165, 1.54) is 0 Å². The van der Waals surface area contributed by atoms with Crippen molar-refractivity contribution in [3.05, 3.63) is 12.2 Å². The van der Waals surface area contributed by atoms with Crippen molar-refractivity contribution >= 4 is 0 Å². The molecule has 1 aromatic heterocycles. The summed E-state index contributed by atoms with van der Waals surface area (Å²) in [6, 6.07) is 0.444. The van der Waals surface area contributed by atoms with Crippen LogP contribution in [0.1, 0.15) is 39.4 Å². The molecular weight excluding hydrogens is 240 g/mol. The molecule has 0 aliphatic heterocycles. The van der Waals surface area contributed by atoms with Gasteiger partial charge in [0.1, 0.15) is 12.2 Å². The molecule has 2 atom stereocenters. The predicted octanol–water partition coefficient (Wildman–Crippen LogP) is 1.88. The summed E-state index contributed by atoms with van der Waals surface area (Å²) in [5, 5.41) is 7.85. The maximum Gasteiger partial charge on any atom is 0.138 e. The lowest BCUT2D eigenvalue weighted by atomic mass is 9.99. The molecule has 5 nitrogen and oxygen atoms in total. The summed E-state index contributed by atoms with van der Waals surface area (Å²) >= 11 is 0. The number of nitrogens with zero attached hydrogens (tertiary/aromatic N) is 3. The van der Waals surface area contributed by atoms with Crippen LogP contribution in [0, 0.1) is 5.92 Å². The van der Waals surface area contributed by atoms with Crippen molar-refractivity contribution in [2.75, 3.05) is 20.3 Å². The van der Waals surface area contributed by atoms with Crippen LogP contribution in [0.15, 0.2) is 6.33 Å². The van der Waals surface area contributed by atoms with Crippen molar-refractivity contribution in [2.24, 2.45) is 5.92 Å². The van der Waals surface area contributed by atoms with E-state index in [0.717, 1.165) is 44.8 Å². The number of rotatable bonds is 10. The maximum absolute atomic E-state index is 5.23. The Balaban J connectivity index is 2.57. The molecule has 0 fully saturated rings. The molecule has 19 heavy (non-hydrogen) atoms. The van der Waals surface area contributed by atoms with E-state index in [0.29, 0.717) is 12.0 Å². The van der Waals surface area contributed by atoms with Crippen LogP contribution < -0.4 is 5.32 Å². The lowest BCUT2D eigenvalue weighted by Gasteiger charge is -2.21. The summed E-state index contributed by atoms with van der Waals surface area (Å²) in [7, 11) is 1.76. The quantitative estimate of drug-likeness (QED) is 0.704. The molecular formula is C14H28N4O. The first kappa shape index (κ1) is 16.1. The van der Waals surface area contributed by atoms with Gasteiger partial charge in [-0.2, -0.15) is 5.10 Å². The molecule has 0 saturated heterocycles. The number of hydrogen-bond acceptors (Lipinski definition) is 4. The number of aryl methyl sites for hydroxylation is 1. The summed E-state index contributed by atoms with van der Waals surface area (Å²) < 4.78 is 7.20. The largest absolute Gasteiger partial charge is 0.384 e. The molecule has 0 spiro atoms. The van der Waals surface area contributed by atoms with Crippen LogP contribution >= 0.6 is 0 Å². The van der Waals surface area contributed by atoms with Crippen LogP contribution in [0.3, 0.4) is 0 Å². The highest BCUT2D eigenvalue weighted by molar-refractivity contribution is 4.90. The molecule has 0 amide bonds. The van der Waals surface area contributed by atoms with Gasteiger partial charge in [-0.3, -0.25) is 4.68 Å². The predicted molar refractivity (Wildman–Crippen MR) is 77.1 cm³/mol. The van der Waals surface area contributed by atoms with Crippen molar-refractivity contribution in [1.29, 1.82) is 0 Å². The Hall–Kier alpha value is -0.940. The zero-order chi connectivity index (χ0) is 14.1. The minimum Gasteiger partial charge on any atom is -0.384 e. The monoisotopic (exact) mass is 268 g/mol. The summed E-state index contributed by atoms with van der Waals surface area (Å²) in [5.41, 5.74) is 0. The van der Waals surface area contributed by atoms with Gasteiger partial charge < -0.3 is 10.1 Å². The van der Waals surface area contributed by atoms with Crippen molar-refractivity contribution in [1.82, 2.24) is 20.1 Å². The molecule has 0 radical (unpaired) electrons. The van der Waals surface area contributed by atoms with E-state index >= 15 is 0 Å². The van der Waals surface area contributed by atoms with E-state index in [-0.39, 0.29) is 0 Å². The van der Waals surface area contributed by atoms with Crippen LogP contribution in [0.2, 0.25) is 0 Å². The summed E-state index contributed by atoms with van der Waals surface area (Å²) in [4.78, 5) is 4.37. The Morgan fingerprint density at radius 2 is 2.21 bits per heavy atom. The molecule has 1 rings (SSSR count). The molecule has 0 saturated carbocycles. The van der Waals surface area contributed by atoms with Gasteiger partial charge in [0.15, 0.2) is 0 Å². The second kappa shape index (κ2) is 9.04. The average Bonchev–Trinajstić information content (AvgIpc) is 2.83. The Kier molecular flexibility index (Phi) is 7.67. The van der Waals surface area contributed by atoms with E-state index in [9.17, 15) is 0 Å². The van der Waals surface area contributed by atoms with Crippen molar-refractivity contribution < 1.29 is 4.74 Å². The van der Waals surface area contributed by atoms with Crippen LogP contribution in [0.5, 0.6) is 0 Å². The van der Waals surface area contributed by atoms with Crippen LogP contribution in [0.4, 0.5) is 0 Å². The van der Waals surface area contributed by atoms with Gasteiger partial charge >= 0.3 is 0 Å². The fraction of sp³-hybridized carbons (Fsp3) is 0.857. The highest BCUT2D eigenvalue weighted by atomic mass is 16.5. The van der Waals surface area contributed by atoms with Crippen molar-refractivity contribution in [3.8, 4) is 0 Å². The van der Waals surface area contributed by atoms with Gasteiger partial charge in [-0.05, 0) is 32.2 Å². The highest BCUT2D eigenvalue weighted by Crippen LogP contribution is 2.11. The van der Waals surface area contributed by atoms with Gasteiger partial charge in [0.2, 0.25) is 0 Å². The minimum absolute atomic E-state index is 0.444. The molecule has 1 heterocycles. The third-order valence-corrected chi connectivity index (χ3v) is 3.25. The molecule has 110 valence electrons. The normalized spacial score (nSPS) is 14.5. The molecule has 0 aliphatic carbocycles. The van der Waals surface area contributed by atoms with Gasteiger partial charge in [0.05, 0.1) is 0 Å². The Labute approximate surface area is 116 Å². The van der Waals surface area contributed by atoms with Gasteiger partial charge in [-0.1, -0.05) is 13.8 Å². The van der Waals surface area contributed by atoms with E-state index in [1.807, 2.05) is 4.68 Å². The van der Waals surface area contributed by atoms with Crippen molar-refractivity contribution in [2.45, 2.75) is 52.6 Å². The van der Waals surface area contributed by atoms with E-state index in [1.54, 1.807) is 13.4 Å². The van der Waals surface area contributed by atoms with Crippen molar-refractivity contribution in [3.63, 3.8) is 0 Å². The van der Waals surface area contributed by atoms with Gasteiger partial charge in [0, 0.05) is 32.7 Å². The molecule has 5 heteroatoms. The first-order valence-corrected chi connectivity index (χ1v) is 7.30. The first-order valence-electron chi connectivity index (χ1n) is 7.30. The average molecular weight is 268 g/mol. The number of ether oxygens (including phenoxy) is 1. The van der Waals surface area contributed by atoms with Crippen LogP contribution in [-0.2, 0) is 17.7 Å². The number of hydrogen-bond donors (Lipinski definition) is 1. The lowest BCUT2D eigenvalue weighted by molar-refractivity contribution is 0.149. The lowest BCUT2D eigenvalue weighted by Crippen LogP contribution is -2.35. The SMILES string of the molecule is CCCNC(Cc1ncnn1CC)CC(C)COC. The van der Waals surface area contributed by atoms with Crippen LogP contribution in [-0.4, -0.2) is 41.1 Å². The summed E-state index contributed by atoms with van der Waals surface area (Å²) in [5.74, 6) is 1.62. The fourth-order valence-electron chi connectivity index (χ4n) is 2.36. The molecule has 2 unspecified atom stereocenters. The second-order valence-electron chi connectivity index (χ2n) is 5.14. The topological polar surface area (TPSA) is 52.0 Å². The smallest absolute Gasteiger partial charge is 0.138 e. The molecule has 1 aromatic rings. The molecule has 1 N–H and O–H groups in total. The highest BCUT2D eigenvalue weighted by Gasteiger charge is 2.16. The van der Waals surface area contributed by atoms with E-state index in [2.05, 4.69) is 36.2 Å². The number of aromatic nitrogens is 3. The second-order valence-corrected chi connectivity index (χ2v) is 5.14. The fourth-order valence-corrected chi connectivity index (χ4v) is 2.36. The Morgan fingerprint density at radius 3 is 2.84 bits per heavy atom. The zero-order valence-corrected chi connectivity index (χ0v) is 12.7. The third kappa shape index (κ3) is 5.70. The van der Waals surface area contributed by atoms with Crippen LogP contribution in [0.25, 0.3) is 0 Å². The van der Waals surface area contributed by atoms with E-state index in [4.69, 9.17) is 4.74 Å². The Morgan fingerprint density at radius 1 is 1.42 bits per heavy atom.